The van der Waals surface area contributed by atoms with Gasteiger partial charge in [-0.05, 0) is 24.1 Å². The zero-order valence-corrected chi connectivity index (χ0v) is 9.49. The minimum Gasteiger partial charge on any atom is -0.465 e. The summed E-state index contributed by atoms with van der Waals surface area (Å²) in [5.74, 6) is 0. The molecule has 0 saturated heterocycles. The molecule has 1 aromatic rings. The molecule has 0 unspecified atom stereocenters. The summed E-state index contributed by atoms with van der Waals surface area (Å²) in [6.45, 7) is 0. The average molecular weight is 253 g/mol. The summed E-state index contributed by atoms with van der Waals surface area (Å²) < 4.78 is 0. The number of carboxylic acid groups (broad SMARTS) is 1. The molecule has 0 radical (unpaired) electrons. The Hall–Kier alpha value is -2.06. The van der Waals surface area contributed by atoms with Gasteiger partial charge in [-0.3, -0.25) is 5.32 Å². The molecular weight excluding hydrogens is 244 g/mol. The number of carbonyl (C=O) groups excluding carboxylic acids is 1. The number of halogens is 1. The lowest BCUT2D eigenvalue weighted by molar-refractivity contribution is -0.107. The Kier molecular flexibility index (Phi) is 4.49. The van der Waals surface area contributed by atoms with Crippen molar-refractivity contribution in [3.63, 3.8) is 0 Å². The Morgan fingerprint density at radius 3 is 2.82 bits per heavy atom. The van der Waals surface area contributed by atoms with E-state index >= 15 is 0 Å². The number of hydrogen-bond acceptors (Lipinski definition) is 3. The van der Waals surface area contributed by atoms with Crippen molar-refractivity contribution in [3.8, 4) is 6.07 Å². The molecule has 0 atom stereocenters. The Balaban J connectivity index is 3.16. The summed E-state index contributed by atoms with van der Waals surface area (Å²) in [4.78, 5) is 20.8. The van der Waals surface area contributed by atoms with E-state index in [1.807, 2.05) is 6.07 Å². The number of rotatable bonds is 4. The molecule has 1 aromatic carbocycles. The highest BCUT2D eigenvalue weighted by Crippen LogP contribution is 2.28. The number of nitriles is 1. The van der Waals surface area contributed by atoms with Crippen molar-refractivity contribution < 1.29 is 14.7 Å². The van der Waals surface area contributed by atoms with E-state index in [2.05, 4.69) is 5.32 Å². The summed E-state index contributed by atoms with van der Waals surface area (Å²) in [6, 6.07) is 4.79. The van der Waals surface area contributed by atoms with E-state index in [4.69, 9.17) is 22.0 Å². The smallest absolute Gasteiger partial charge is 0.409 e. The van der Waals surface area contributed by atoms with Crippen LogP contribution in [0.25, 0.3) is 0 Å². The molecular formula is C11H9ClN2O3. The van der Waals surface area contributed by atoms with E-state index in [0.717, 1.165) is 6.29 Å². The van der Waals surface area contributed by atoms with E-state index in [1.54, 1.807) is 6.07 Å². The molecule has 6 heteroatoms. The maximum Gasteiger partial charge on any atom is 0.409 e. The van der Waals surface area contributed by atoms with Gasteiger partial charge in [0.25, 0.3) is 0 Å². The van der Waals surface area contributed by atoms with Crippen molar-refractivity contribution in [1.82, 2.24) is 0 Å². The Morgan fingerprint density at radius 2 is 2.29 bits per heavy atom. The number of carbonyl (C=O) groups is 2. The molecule has 0 spiro atoms. The fourth-order valence-electron chi connectivity index (χ4n) is 1.35. The lowest BCUT2D eigenvalue weighted by Gasteiger charge is -2.09. The van der Waals surface area contributed by atoms with Gasteiger partial charge in [0.05, 0.1) is 22.3 Å². The van der Waals surface area contributed by atoms with Gasteiger partial charge in [-0.2, -0.15) is 5.26 Å². The lowest BCUT2D eigenvalue weighted by Crippen LogP contribution is -2.08. The fraction of sp³-hybridized carbons (Fsp3) is 0.182. The molecule has 0 fully saturated rings. The van der Waals surface area contributed by atoms with Crippen LogP contribution in [0.2, 0.25) is 5.02 Å². The van der Waals surface area contributed by atoms with E-state index in [9.17, 15) is 9.59 Å². The van der Waals surface area contributed by atoms with Gasteiger partial charge in [0.1, 0.15) is 6.29 Å². The van der Waals surface area contributed by atoms with Gasteiger partial charge < -0.3 is 9.90 Å². The van der Waals surface area contributed by atoms with Crippen LogP contribution in [0.1, 0.15) is 17.5 Å². The van der Waals surface area contributed by atoms with Crippen molar-refractivity contribution in [3.05, 3.63) is 28.3 Å². The van der Waals surface area contributed by atoms with Crippen molar-refractivity contribution in [2.45, 2.75) is 12.8 Å². The molecule has 17 heavy (non-hydrogen) atoms. The van der Waals surface area contributed by atoms with Crippen LogP contribution in [0, 0.1) is 11.3 Å². The number of anilines is 1. The largest absolute Gasteiger partial charge is 0.465 e. The number of hydrogen-bond donors (Lipinski definition) is 2. The highest BCUT2D eigenvalue weighted by molar-refractivity contribution is 6.34. The molecule has 88 valence electrons. The molecule has 0 aliphatic rings. The van der Waals surface area contributed by atoms with E-state index in [0.29, 0.717) is 17.5 Å². The summed E-state index contributed by atoms with van der Waals surface area (Å²) >= 11 is 5.97. The number of aryl methyl sites for hydroxylation is 1. The summed E-state index contributed by atoms with van der Waals surface area (Å²) in [7, 11) is 0. The van der Waals surface area contributed by atoms with Gasteiger partial charge in [0.2, 0.25) is 0 Å². The third-order valence-electron chi connectivity index (χ3n) is 2.05. The monoisotopic (exact) mass is 252 g/mol. The third kappa shape index (κ3) is 3.47. The molecule has 1 amide bonds. The van der Waals surface area contributed by atoms with Gasteiger partial charge in [0, 0.05) is 6.42 Å². The third-order valence-corrected chi connectivity index (χ3v) is 2.50. The lowest BCUT2D eigenvalue weighted by atomic mass is 10.1. The molecule has 1 rings (SSSR count). The molecule has 5 nitrogen and oxygen atoms in total. The summed E-state index contributed by atoms with van der Waals surface area (Å²) in [6.07, 6.45) is 0.107. The molecule has 0 bridgehead atoms. The molecule has 0 heterocycles. The predicted octanol–water partition coefficient (Wildman–Crippen LogP) is 2.43. The Morgan fingerprint density at radius 1 is 1.59 bits per heavy atom. The van der Waals surface area contributed by atoms with Crippen molar-refractivity contribution >= 4 is 29.7 Å². The maximum atomic E-state index is 10.5. The number of nitrogens with one attached hydrogen (secondary N) is 1. The van der Waals surface area contributed by atoms with Gasteiger partial charge in [0.15, 0.2) is 0 Å². The van der Waals surface area contributed by atoms with Crippen molar-refractivity contribution in [1.29, 1.82) is 5.26 Å². The first-order valence-electron chi connectivity index (χ1n) is 4.74. The average Bonchev–Trinajstić information content (AvgIpc) is 2.29. The minimum absolute atomic E-state index is 0.152. The maximum absolute atomic E-state index is 10.5. The van der Waals surface area contributed by atoms with E-state index < -0.39 is 6.09 Å². The normalized spacial score (nSPS) is 9.41. The Bertz CT molecular complexity index is 494. The first kappa shape index (κ1) is 13.0. The second kappa shape index (κ2) is 5.87. The fourth-order valence-corrected chi connectivity index (χ4v) is 1.60. The molecule has 0 aromatic heterocycles. The Labute approximate surface area is 103 Å². The topological polar surface area (TPSA) is 90.2 Å². The van der Waals surface area contributed by atoms with Crippen LogP contribution < -0.4 is 5.32 Å². The van der Waals surface area contributed by atoms with E-state index in [1.165, 1.54) is 6.07 Å². The van der Waals surface area contributed by atoms with Gasteiger partial charge >= 0.3 is 6.09 Å². The van der Waals surface area contributed by atoms with Crippen molar-refractivity contribution in [2.24, 2.45) is 0 Å². The predicted molar refractivity (Wildman–Crippen MR) is 62.2 cm³/mol. The molecule has 0 aliphatic heterocycles. The van der Waals surface area contributed by atoms with Crippen LogP contribution in [0.4, 0.5) is 10.5 Å². The first-order valence-corrected chi connectivity index (χ1v) is 5.12. The number of benzene rings is 1. The summed E-state index contributed by atoms with van der Waals surface area (Å²) in [5.41, 5.74) is 1.01. The zero-order chi connectivity index (χ0) is 12.8. The molecule has 2 N–H and O–H groups in total. The molecule has 0 aliphatic carbocycles. The number of nitrogens with zero attached hydrogens (tertiary/aromatic N) is 1. The second-order valence-electron chi connectivity index (χ2n) is 3.24. The highest BCUT2D eigenvalue weighted by atomic mass is 35.5. The number of aldehydes is 1. The first-order chi connectivity index (χ1) is 8.08. The standard InChI is InChI=1S/C11H9ClN2O3/c12-10-8(2-1-3-15)4-7(6-13)5-9(10)14-11(16)17/h3-5,14H,1-2H2,(H,16,17). The second-order valence-corrected chi connectivity index (χ2v) is 3.62. The van der Waals surface area contributed by atoms with Crippen LogP contribution in [0.3, 0.4) is 0 Å². The van der Waals surface area contributed by atoms with Crippen LogP contribution in [0.5, 0.6) is 0 Å². The van der Waals surface area contributed by atoms with Gasteiger partial charge in [-0.15, -0.1) is 0 Å². The van der Waals surface area contributed by atoms with E-state index in [-0.39, 0.29) is 17.1 Å². The SMILES string of the molecule is N#Cc1cc(CCC=O)c(Cl)c(NC(=O)O)c1. The quantitative estimate of drug-likeness (QED) is 0.805. The molecule has 0 saturated carbocycles. The summed E-state index contributed by atoms with van der Waals surface area (Å²) in [5, 5.41) is 19.7. The van der Waals surface area contributed by atoms with Crippen LogP contribution >= 0.6 is 11.6 Å². The number of amides is 1. The highest BCUT2D eigenvalue weighted by Gasteiger charge is 2.11. The minimum atomic E-state index is -1.26. The van der Waals surface area contributed by atoms with Gasteiger partial charge in [-0.25, -0.2) is 4.79 Å². The van der Waals surface area contributed by atoms with Crippen molar-refractivity contribution in [2.75, 3.05) is 5.32 Å². The van der Waals surface area contributed by atoms with Crippen LogP contribution in [-0.2, 0) is 11.2 Å². The van der Waals surface area contributed by atoms with Crippen LogP contribution in [0.15, 0.2) is 12.1 Å². The van der Waals surface area contributed by atoms with Gasteiger partial charge in [-0.1, -0.05) is 11.6 Å². The van der Waals surface area contributed by atoms with Crippen LogP contribution in [-0.4, -0.2) is 17.5 Å². The zero-order valence-electron chi connectivity index (χ0n) is 8.74.